The Kier molecular flexibility index (Phi) is 10.7. The lowest BCUT2D eigenvalue weighted by atomic mass is 9.82. The van der Waals surface area contributed by atoms with Gasteiger partial charge in [-0.05, 0) is 29.4 Å². The van der Waals surface area contributed by atoms with E-state index in [0.29, 0.717) is 11.1 Å². The fourth-order valence-corrected chi connectivity index (χ4v) is 4.19. The fourth-order valence-electron chi connectivity index (χ4n) is 4.19. The van der Waals surface area contributed by atoms with Gasteiger partial charge in [0.05, 0.1) is 12.2 Å². The molecule has 0 radical (unpaired) electrons. The van der Waals surface area contributed by atoms with E-state index < -0.39 is 54.4 Å². The van der Waals surface area contributed by atoms with Crippen LogP contribution in [0.2, 0.25) is 0 Å². The number of carbonyl (C=O) groups is 4. The number of hydrogen-bond donors (Lipinski definition) is 1. The van der Waals surface area contributed by atoms with Gasteiger partial charge in [0.15, 0.2) is 11.7 Å². The molecule has 0 saturated heterocycles. The molecule has 37 heavy (non-hydrogen) atoms. The Balaban J connectivity index is 2.39. The third-order valence-electron chi connectivity index (χ3n) is 5.80. The molecule has 0 aromatic heterocycles. The Hall–Kier alpha value is -2.88. The average molecular weight is 525 g/mol. The average Bonchev–Trinajstić information content (AvgIpc) is 3.02. The molecular weight excluding hydrogens is 484 g/mol. The minimum Gasteiger partial charge on any atom is -0.462 e. The minimum absolute atomic E-state index is 0.0193. The monoisotopic (exact) mass is 524 g/mol. The van der Waals surface area contributed by atoms with Gasteiger partial charge in [-0.3, -0.25) is 19.2 Å². The zero-order valence-corrected chi connectivity index (χ0v) is 22.8. The summed E-state index contributed by atoms with van der Waals surface area (Å²) in [6.07, 6.45) is 0.735. The van der Waals surface area contributed by atoms with Gasteiger partial charge < -0.3 is 28.8 Å². The highest BCUT2D eigenvalue weighted by Gasteiger charge is 2.59. The predicted molar refractivity (Wildman–Crippen MR) is 131 cm³/mol. The summed E-state index contributed by atoms with van der Waals surface area (Å²) in [5.74, 6) is -3.10. The molecular formula is C27H40O10. The molecule has 0 spiro atoms. The predicted octanol–water partition coefficient (Wildman–Crippen LogP) is 3.21. The SMILES string of the molecule is CC(=O)O[C@H]1C=C2C(COC(=O)CC(C)C)=CO[C@@H](OC(=O)CC(C)C)[C@@H]2[C@@]1(O)COC(=O)CC(C)C. The molecule has 0 saturated carbocycles. The number of hydrogen-bond acceptors (Lipinski definition) is 10. The van der Waals surface area contributed by atoms with Crippen molar-refractivity contribution in [2.45, 2.75) is 85.7 Å². The van der Waals surface area contributed by atoms with Crippen LogP contribution in [0.4, 0.5) is 0 Å². The van der Waals surface area contributed by atoms with E-state index in [4.69, 9.17) is 23.7 Å². The van der Waals surface area contributed by atoms with Crippen LogP contribution in [0.25, 0.3) is 0 Å². The summed E-state index contributed by atoms with van der Waals surface area (Å²) >= 11 is 0. The van der Waals surface area contributed by atoms with E-state index in [-0.39, 0.29) is 43.6 Å². The maximum absolute atomic E-state index is 12.5. The van der Waals surface area contributed by atoms with Crippen molar-refractivity contribution >= 4 is 23.9 Å². The standard InChI is InChI=1S/C27H40O10/c1-15(2)8-22(29)33-12-19-13-34-26(37-24(31)10-17(5)6)25-20(19)11-21(36-18(7)28)27(25,32)14-35-23(30)9-16(3)4/h11,13,15-17,21,25-26,32H,8-10,12,14H2,1-7H3/t21-,25+,26-,27+/m0/s1. The molecule has 0 amide bonds. The normalized spacial score (nSPS) is 24.7. The second kappa shape index (κ2) is 13.1. The van der Waals surface area contributed by atoms with Crippen LogP contribution in [0.1, 0.15) is 67.7 Å². The summed E-state index contributed by atoms with van der Waals surface area (Å²) in [5, 5.41) is 11.8. The largest absolute Gasteiger partial charge is 0.462 e. The van der Waals surface area contributed by atoms with Gasteiger partial charge in [0.2, 0.25) is 0 Å². The van der Waals surface area contributed by atoms with Crippen molar-refractivity contribution in [3.63, 3.8) is 0 Å². The lowest BCUT2D eigenvalue weighted by Gasteiger charge is -2.40. The van der Waals surface area contributed by atoms with E-state index in [9.17, 15) is 24.3 Å². The lowest BCUT2D eigenvalue weighted by molar-refractivity contribution is -0.217. The van der Waals surface area contributed by atoms with Gasteiger partial charge in [0, 0.05) is 31.8 Å². The third kappa shape index (κ3) is 8.59. The number of rotatable bonds is 12. The van der Waals surface area contributed by atoms with Crippen LogP contribution in [-0.2, 0) is 42.9 Å². The second-order valence-electron chi connectivity index (χ2n) is 10.9. The summed E-state index contributed by atoms with van der Waals surface area (Å²) in [6, 6.07) is 0. The van der Waals surface area contributed by atoms with Crippen LogP contribution in [0.5, 0.6) is 0 Å². The molecule has 1 aliphatic carbocycles. The summed E-state index contributed by atoms with van der Waals surface area (Å²) in [6.45, 7) is 11.7. The van der Waals surface area contributed by atoms with E-state index >= 15 is 0 Å². The molecule has 0 aromatic carbocycles. The van der Waals surface area contributed by atoms with Crippen molar-refractivity contribution < 1.29 is 48.0 Å². The zero-order valence-electron chi connectivity index (χ0n) is 22.8. The van der Waals surface area contributed by atoms with E-state index in [1.165, 1.54) is 19.3 Å². The van der Waals surface area contributed by atoms with E-state index in [0.717, 1.165) is 0 Å². The van der Waals surface area contributed by atoms with Gasteiger partial charge in [-0.1, -0.05) is 41.5 Å². The number of aliphatic hydroxyl groups is 1. The second-order valence-corrected chi connectivity index (χ2v) is 10.9. The number of esters is 4. The van der Waals surface area contributed by atoms with Gasteiger partial charge in [0.1, 0.15) is 13.2 Å². The summed E-state index contributed by atoms with van der Waals surface area (Å²) < 4.78 is 27.4. The molecule has 10 heteroatoms. The van der Waals surface area contributed by atoms with Crippen LogP contribution >= 0.6 is 0 Å². The molecule has 0 aromatic rings. The minimum atomic E-state index is -2.00. The third-order valence-corrected chi connectivity index (χ3v) is 5.80. The summed E-state index contributed by atoms with van der Waals surface area (Å²) in [5.41, 5.74) is -1.18. The smallest absolute Gasteiger partial charge is 0.309 e. The Bertz CT molecular complexity index is 916. The Labute approximate surface area is 218 Å². The van der Waals surface area contributed by atoms with Crippen LogP contribution in [0, 0.1) is 23.7 Å². The van der Waals surface area contributed by atoms with Crippen molar-refractivity contribution in [3.05, 3.63) is 23.5 Å². The summed E-state index contributed by atoms with van der Waals surface area (Å²) in [4.78, 5) is 48.8. The van der Waals surface area contributed by atoms with Gasteiger partial charge in [0.25, 0.3) is 6.29 Å². The highest BCUT2D eigenvalue weighted by molar-refractivity contribution is 5.71. The number of ether oxygens (including phenoxy) is 5. The molecule has 2 aliphatic rings. The van der Waals surface area contributed by atoms with E-state index in [1.54, 1.807) is 0 Å². The van der Waals surface area contributed by atoms with Gasteiger partial charge >= 0.3 is 23.9 Å². The topological polar surface area (TPSA) is 135 Å². The molecule has 2 rings (SSSR count). The van der Waals surface area contributed by atoms with Crippen molar-refractivity contribution in [1.82, 2.24) is 0 Å². The van der Waals surface area contributed by atoms with Crippen LogP contribution in [0.3, 0.4) is 0 Å². The number of fused-ring (bicyclic) bond motifs is 1. The highest BCUT2D eigenvalue weighted by Crippen LogP contribution is 2.47. The van der Waals surface area contributed by atoms with Gasteiger partial charge in [-0.25, -0.2) is 0 Å². The first kappa shape index (κ1) is 30.3. The maximum Gasteiger partial charge on any atom is 0.309 e. The molecule has 4 atom stereocenters. The van der Waals surface area contributed by atoms with Crippen LogP contribution in [0.15, 0.2) is 23.5 Å². The van der Waals surface area contributed by atoms with Gasteiger partial charge in [-0.15, -0.1) is 0 Å². The summed E-state index contributed by atoms with van der Waals surface area (Å²) in [7, 11) is 0. The quantitative estimate of drug-likeness (QED) is 0.299. The molecule has 10 nitrogen and oxygen atoms in total. The zero-order chi connectivity index (χ0) is 27.9. The van der Waals surface area contributed by atoms with Crippen molar-refractivity contribution in [1.29, 1.82) is 0 Å². The first-order chi connectivity index (χ1) is 17.2. The maximum atomic E-state index is 12.5. The Morgan fingerprint density at radius 2 is 1.43 bits per heavy atom. The molecule has 0 unspecified atom stereocenters. The molecule has 1 heterocycles. The first-order valence-corrected chi connectivity index (χ1v) is 12.7. The molecule has 0 bridgehead atoms. The van der Waals surface area contributed by atoms with Crippen molar-refractivity contribution in [3.8, 4) is 0 Å². The van der Waals surface area contributed by atoms with Crippen LogP contribution < -0.4 is 0 Å². The number of carbonyl (C=O) groups excluding carboxylic acids is 4. The van der Waals surface area contributed by atoms with Crippen molar-refractivity contribution in [2.75, 3.05) is 13.2 Å². The van der Waals surface area contributed by atoms with Crippen LogP contribution in [-0.4, -0.2) is 60.2 Å². The van der Waals surface area contributed by atoms with Gasteiger partial charge in [-0.2, -0.15) is 0 Å². The first-order valence-electron chi connectivity index (χ1n) is 12.7. The van der Waals surface area contributed by atoms with Crippen molar-refractivity contribution in [2.24, 2.45) is 23.7 Å². The highest BCUT2D eigenvalue weighted by atomic mass is 16.7. The van der Waals surface area contributed by atoms with E-state index in [2.05, 4.69) is 0 Å². The lowest BCUT2D eigenvalue weighted by Crippen LogP contribution is -2.55. The molecule has 0 fully saturated rings. The Morgan fingerprint density at radius 3 is 1.97 bits per heavy atom. The van der Waals surface area contributed by atoms with E-state index in [1.807, 2.05) is 41.5 Å². The molecule has 1 aliphatic heterocycles. The molecule has 1 N–H and O–H groups in total. The Morgan fingerprint density at radius 1 is 0.892 bits per heavy atom. The molecule has 208 valence electrons. The fraction of sp³-hybridized carbons (Fsp3) is 0.704.